The fraction of sp³-hybridized carbons (Fsp3) is 0.467. The topological polar surface area (TPSA) is 57.6 Å². The number of nitrogens with zero attached hydrogens (tertiary/aromatic N) is 1. The van der Waals surface area contributed by atoms with Crippen LogP contribution in [0.1, 0.15) is 43.4 Å². The molecule has 1 aliphatic heterocycles. The number of carbonyl (C=O) groups excluding carboxylic acids is 2. The SMILES string of the molecule is O=C1C(O)=C(c2cccs2)C(=O)N1C1CCCCCC1. The van der Waals surface area contributed by atoms with Gasteiger partial charge in [0.05, 0.1) is 0 Å². The lowest BCUT2D eigenvalue weighted by Gasteiger charge is -2.25. The van der Waals surface area contributed by atoms with Crippen LogP contribution in [0.15, 0.2) is 23.3 Å². The number of hydrogen-bond acceptors (Lipinski definition) is 4. The number of aliphatic hydroxyl groups excluding tert-OH is 1. The second-order valence-electron chi connectivity index (χ2n) is 5.33. The number of carbonyl (C=O) groups is 2. The molecule has 2 amide bonds. The molecule has 106 valence electrons. The molecular weight excluding hydrogens is 274 g/mol. The number of aliphatic hydroxyl groups is 1. The van der Waals surface area contributed by atoms with Gasteiger partial charge in [-0.25, -0.2) is 0 Å². The first-order valence-corrected chi connectivity index (χ1v) is 7.93. The maximum Gasteiger partial charge on any atom is 0.296 e. The summed E-state index contributed by atoms with van der Waals surface area (Å²) in [5.41, 5.74) is 0.175. The highest BCUT2D eigenvalue weighted by atomic mass is 32.1. The highest BCUT2D eigenvalue weighted by molar-refractivity contribution is 7.11. The first-order valence-electron chi connectivity index (χ1n) is 7.05. The van der Waals surface area contributed by atoms with Gasteiger partial charge in [-0.3, -0.25) is 14.5 Å². The molecule has 0 atom stereocenters. The summed E-state index contributed by atoms with van der Waals surface area (Å²) in [5.74, 6) is -1.24. The number of rotatable bonds is 2. The molecule has 1 aliphatic carbocycles. The summed E-state index contributed by atoms with van der Waals surface area (Å²) in [5, 5.41) is 11.9. The summed E-state index contributed by atoms with van der Waals surface area (Å²) < 4.78 is 0. The van der Waals surface area contributed by atoms with Gasteiger partial charge < -0.3 is 5.11 Å². The van der Waals surface area contributed by atoms with Gasteiger partial charge in [0.1, 0.15) is 5.57 Å². The second kappa shape index (κ2) is 5.40. The van der Waals surface area contributed by atoms with Gasteiger partial charge in [0, 0.05) is 10.9 Å². The quantitative estimate of drug-likeness (QED) is 0.673. The Morgan fingerprint density at radius 3 is 2.40 bits per heavy atom. The van der Waals surface area contributed by atoms with Gasteiger partial charge in [0.2, 0.25) is 0 Å². The lowest BCUT2D eigenvalue weighted by atomic mass is 10.1. The van der Waals surface area contributed by atoms with E-state index in [9.17, 15) is 14.7 Å². The molecule has 0 aromatic carbocycles. The number of amides is 2. The molecule has 0 saturated heterocycles. The first-order chi connectivity index (χ1) is 9.70. The molecule has 1 fully saturated rings. The predicted molar refractivity (Wildman–Crippen MR) is 77.2 cm³/mol. The minimum Gasteiger partial charge on any atom is -0.502 e. The number of hydrogen-bond donors (Lipinski definition) is 1. The van der Waals surface area contributed by atoms with Crippen LogP contribution in [0.2, 0.25) is 0 Å². The average molecular weight is 291 g/mol. The van der Waals surface area contributed by atoms with Crippen molar-refractivity contribution in [1.82, 2.24) is 4.90 Å². The van der Waals surface area contributed by atoms with Crippen LogP contribution in [0.3, 0.4) is 0 Å². The smallest absolute Gasteiger partial charge is 0.296 e. The van der Waals surface area contributed by atoms with Crippen molar-refractivity contribution in [3.8, 4) is 0 Å². The molecule has 0 radical (unpaired) electrons. The largest absolute Gasteiger partial charge is 0.502 e. The Kier molecular flexibility index (Phi) is 3.61. The fourth-order valence-electron chi connectivity index (χ4n) is 3.03. The van der Waals surface area contributed by atoms with Crippen molar-refractivity contribution in [2.45, 2.75) is 44.6 Å². The predicted octanol–water partition coefficient (Wildman–Crippen LogP) is 3.11. The monoisotopic (exact) mass is 291 g/mol. The molecule has 0 spiro atoms. The zero-order valence-electron chi connectivity index (χ0n) is 11.2. The van der Waals surface area contributed by atoms with Gasteiger partial charge >= 0.3 is 0 Å². The Bertz CT molecular complexity index is 554. The molecular formula is C15H17NO3S. The van der Waals surface area contributed by atoms with Crippen LogP contribution >= 0.6 is 11.3 Å². The van der Waals surface area contributed by atoms with Crippen molar-refractivity contribution in [3.63, 3.8) is 0 Å². The highest BCUT2D eigenvalue weighted by Crippen LogP contribution is 2.34. The van der Waals surface area contributed by atoms with Crippen LogP contribution < -0.4 is 0 Å². The van der Waals surface area contributed by atoms with Crippen LogP contribution in [0, 0.1) is 0 Å². The van der Waals surface area contributed by atoms with Crippen molar-refractivity contribution in [1.29, 1.82) is 0 Å². The van der Waals surface area contributed by atoms with E-state index in [0.29, 0.717) is 4.88 Å². The fourth-order valence-corrected chi connectivity index (χ4v) is 3.79. The molecule has 1 saturated carbocycles. The number of thiophene rings is 1. The molecule has 1 aromatic heterocycles. The zero-order valence-corrected chi connectivity index (χ0v) is 12.0. The minimum atomic E-state index is -0.523. The van der Waals surface area contributed by atoms with E-state index < -0.39 is 5.91 Å². The molecule has 20 heavy (non-hydrogen) atoms. The van der Waals surface area contributed by atoms with E-state index in [1.54, 1.807) is 6.07 Å². The molecule has 2 aliphatic rings. The molecule has 5 heteroatoms. The average Bonchev–Trinajstić information content (AvgIpc) is 2.91. The third-order valence-electron chi connectivity index (χ3n) is 4.05. The van der Waals surface area contributed by atoms with Gasteiger partial charge in [-0.05, 0) is 24.3 Å². The minimum absolute atomic E-state index is 0.0582. The third kappa shape index (κ3) is 2.16. The van der Waals surface area contributed by atoms with Gasteiger partial charge in [-0.15, -0.1) is 11.3 Å². The van der Waals surface area contributed by atoms with Crippen molar-refractivity contribution in [3.05, 3.63) is 28.1 Å². The van der Waals surface area contributed by atoms with Crippen LogP contribution in [-0.4, -0.2) is 27.9 Å². The summed E-state index contributed by atoms with van der Waals surface area (Å²) in [6, 6.07) is 3.52. The highest BCUT2D eigenvalue weighted by Gasteiger charge is 2.43. The Hall–Kier alpha value is -1.62. The van der Waals surface area contributed by atoms with Crippen molar-refractivity contribution >= 4 is 28.7 Å². The van der Waals surface area contributed by atoms with Crippen LogP contribution in [-0.2, 0) is 9.59 Å². The Morgan fingerprint density at radius 2 is 1.80 bits per heavy atom. The van der Waals surface area contributed by atoms with Crippen LogP contribution in [0.4, 0.5) is 0 Å². The van der Waals surface area contributed by atoms with E-state index in [1.807, 2.05) is 11.4 Å². The normalized spacial score (nSPS) is 21.7. The van der Waals surface area contributed by atoms with E-state index in [4.69, 9.17) is 0 Å². The molecule has 0 bridgehead atoms. The van der Waals surface area contributed by atoms with Gasteiger partial charge in [0.25, 0.3) is 11.8 Å². The molecule has 0 unspecified atom stereocenters. The van der Waals surface area contributed by atoms with Crippen molar-refractivity contribution < 1.29 is 14.7 Å². The van der Waals surface area contributed by atoms with Gasteiger partial charge in [-0.2, -0.15) is 0 Å². The van der Waals surface area contributed by atoms with Gasteiger partial charge in [-0.1, -0.05) is 31.7 Å². The molecule has 2 heterocycles. The number of imide groups is 1. The maximum absolute atomic E-state index is 12.5. The van der Waals surface area contributed by atoms with Crippen LogP contribution in [0.25, 0.3) is 5.57 Å². The zero-order chi connectivity index (χ0) is 14.1. The van der Waals surface area contributed by atoms with E-state index in [-0.39, 0.29) is 23.3 Å². The summed E-state index contributed by atoms with van der Waals surface area (Å²) in [6.07, 6.45) is 6.09. The lowest BCUT2D eigenvalue weighted by molar-refractivity contribution is -0.141. The third-order valence-corrected chi connectivity index (χ3v) is 4.94. The van der Waals surface area contributed by atoms with Crippen molar-refractivity contribution in [2.75, 3.05) is 0 Å². The molecule has 4 nitrogen and oxygen atoms in total. The Labute approximate surface area is 121 Å². The molecule has 1 N–H and O–H groups in total. The summed E-state index contributed by atoms with van der Waals surface area (Å²) >= 11 is 1.36. The molecule has 3 rings (SSSR count). The van der Waals surface area contributed by atoms with Gasteiger partial charge in [0.15, 0.2) is 5.76 Å². The molecule has 1 aromatic rings. The van der Waals surface area contributed by atoms with E-state index in [1.165, 1.54) is 16.2 Å². The summed E-state index contributed by atoms with van der Waals surface area (Å²) in [4.78, 5) is 26.7. The summed E-state index contributed by atoms with van der Waals surface area (Å²) in [7, 11) is 0. The second-order valence-corrected chi connectivity index (χ2v) is 6.27. The standard InChI is InChI=1S/C15H17NO3S/c17-13-12(11-8-5-9-20-11)14(18)16(15(13)19)10-6-3-1-2-4-7-10/h5,8-10,17H,1-4,6-7H2. The lowest BCUT2D eigenvalue weighted by Crippen LogP contribution is -2.40. The van der Waals surface area contributed by atoms with E-state index in [2.05, 4.69) is 0 Å². The first kappa shape index (κ1) is 13.4. The maximum atomic E-state index is 12.5. The van der Waals surface area contributed by atoms with Crippen molar-refractivity contribution in [2.24, 2.45) is 0 Å². The summed E-state index contributed by atoms with van der Waals surface area (Å²) in [6.45, 7) is 0. The Balaban J connectivity index is 1.89. The van der Waals surface area contributed by atoms with E-state index >= 15 is 0 Å². The Morgan fingerprint density at radius 1 is 1.10 bits per heavy atom. The van der Waals surface area contributed by atoms with Crippen LogP contribution in [0.5, 0.6) is 0 Å². The van der Waals surface area contributed by atoms with E-state index in [0.717, 1.165) is 38.5 Å².